The SMILES string of the molecule is Cc1ccc2cc(C3(O)CC(C)CCC3C)ccc2n1. The number of nitrogens with zero attached hydrogens (tertiary/aromatic N) is 1. The van der Waals surface area contributed by atoms with E-state index in [1.165, 1.54) is 6.42 Å². The van der Waals surface area contributed by atoms with Crippen molar-refractivity contribution in [2.24, 2.45) is 11.8 Å². The normalized spacial score (nSPS) is 30.6. The van der Waals surface area contributed by atoms with Gasteiger partial charge in [0.1, 0.15) is 0 Å². The minimum absolute atomic E-state index is 0.314. The standard InChI is InChI=1S/C18H23NO/c1-12-4-5-13(2)18(20,11-12)16-8-9-17-15(10-16)7-6-14(3)19-17/h6-10,12-13,20H,4-5,11H2,1-3H3. The minimum atomic E-state index is -0.684. The number of hydrogen-bond donors (Lipinski definition) is 1. The third-order valence-electron chi connectivity index (χ3n) is 4.90. The van der Waals surface area contributed by atoms with Crippen molar-refractivity contribution in [1.29, 1.82) is 0 Å². The summed E-state index contributed by atoms with van der Waals surface area (Å²) in [6.45, 7) is 6.41. The Bertz CT molecular complexity index is 636. The number of aryl methyl sites for hydroxylation is 1. The average Bonchev–Trinajstić information content (AvgIpc) is 2.42. The molecule has 0 amide bonds. The Morgan fingerprint density at radius 2 is 1.95 bits per heavy atom. The van der Waals surface area contributed by atoms with Crippen molar-refractivity contribution < 1.29 is 5.11 Å². The lowest BCUT2D eigenvalue weighted by atomic mass is 9.69. The van der Waals surface area contributed by atoms with Gasteiger partial charge in [0.15, 0.2) is 0 Å². The lowest BCUT2D eigenvalue weighted by molar-refractivity contribution is -0.0626. The Hall–Kier alpha value is -1.41. The summed E-state index contributed by atoms with van der Waals surface area (Å²) in [4.78, 5) is 4.54. The lowest BCUT2D eigenvalue weighted by Crippen LogP contribution is -2.39. The van der Waals surface area contributed by atoms with E-state index in [1.54, 1.807) is 0 Å². The summed E-state index contributed by atoms with van der Waals surface area (Å²) in [6, 6.07) is 10.4. The second-order valence-electron chi connectivity index (χ2n) is 6.57. The molecule has 2 nitrogen and oxygen atoms in total. The molecule has 0 spiro atoms. The molecule has 2 aromatic rings. The van der Waals surface area contributed by atoms with E-state index in [0.29, 0.717) is 11.8 Å². The van der Waals surface area contributed by atoms with Gasteiger partial charge < -0.3 is 5.11 Å². The molecule has 1 aromatic heterocycles. The summed E-state index contributed by atoms with van der Waals surface area (Å²) in [5, 5.41) is 12.3. The first-order chi connectivity index (χ1) is 9.49. The molecular formula is C18H23NO. The maximum Gasteiger partial charge on any atom is 0.0924 e. The molecule has 0 saturated heterocycles. The van der Waals surface area contributed by atoms with Gasteiger partial charge in [-0.25, -0.2) is 0 Å². The summed E-state index contributed by atoms with van der Waals surface area (Å²) in [5.41, 5.74) is 2.41. The first-order valence-electron chi connectivity index (χ1n) is 7.59. The fourth-order valence-corrected chi connectivity index (χ4v) is 3.51. The minimum Gasteiger partial charge on any atom is -0.385 e. The molecule has 3 unspecified atom stereocenters. The molecule has 20 heavy (non-hydrogen) atoms. The second-order valence-corrected chi connectivity index (χ2v) is 6.57. The molecule has 0 bridgehead atoms. The maximum absolute atomic E-state index is 11.2. The zero-order valence-electron chi connectivity index (χ0n) is 12.6. The van der Waals surface area contributed by atoms with Crippen molar-refractivity contribution >= 4 is 10.9 Å². The molecule has 1 heterocycles. The van der Waals surface area contributed by atoms with Crippen LogP contribution in [0, 0.1) is 18.8 Å². The lowest BCUT2D eigenvalue weighted by Gasteiger charge is -2.41. The van der Waals surface area contributed by atoms with E-state index in [4.69, 9.17) is 0 Å². The number of benzene rings is 1. The highest BCUT2D eigenvalue weighted by atomic mass is 16.3. The molecule has 0 radical (unpaired) electrons. The van der Waals surface area contributed by atoms with Crippen molar-refractivity contribution in [1.82, 2.24) is 4.98 Å². The molecule has 106 valence electrons. The molecule has 1 aromatic carbocycles. The Morgan fingerprint density at radius 3 is 2.75 bits per heavy atom. The first kappa shape index (κ1) is 13.6. The number of rotatable bonds is 1. The topological polar surface area (TPSA) is 33.1 Å². The van der Waals surface area contributed by atoms with E-state index in [-0.39, 0.29) is 0 Å². The van der Waals surface area contributed by atoms with Crippen LogP contribution in [0.1, 0.15) is 44.4 Å². The Labute approximate surface area is 120 Å². The number of aromatic nitrogens is 1. The highest BCUT2D eigenvalue weighted by Crippen LogP contribution is 2.44. The van der Waals surface area contributed by atoms with E-state index in [0.717, 1.165) is 35.0 Å². The van der Waals surface area contributed by atoms with Crippen molar-refractivity contribution in [3.05, 3.63) is 41.6 Å². The van der Waals surface area contributed by atoms with Gasteiger partial charge in [-0.15, -0.1) is 0 Å². The molecule has 1 N–H and O–H groups in total. The van der Waals surface area contributed by atoms with E-state index >= 15 is 0 Å². The molecular weight excluding hydrogens is 246 g/mol. The molecule has 1 aliphatic rings. The van der Waals surface area contributed by atoms with Crippen LogP contribution in [0.5, 0.6) is 0 Å². The summed E-state index contributed by atoms with van der Waals surface area (Å²) in [5.74, 6) is 0.901. The van der Waals surface area contributed by atoms with Crippen molar-refractivity contribution in [3.8, 4) is 0 Å². The molecule has 1 aliphatic carbocycles. The smallest absolute Gasteiger partial charge is 0.0924 e. The van der Waals surface area contributed by atoms with E-state index in [1.807, 2.05) is 19.1 Å². The van der Waals surface area contributed by atoms with Gasteiger partial charge in [-0.1, -0.05) is 32.4 Å². The number of fused-ring (bicyclic) bond motifs is 1. The van der Waals surface area contributed by atoms with Crippen molar-refractivity contribution in [3.63, 3.8) is 0 Å². The van der Waals surface area contributed by atoms with Crippen LogP contribution in [0.15, 0.2) is 30.3 Å². The quantitative estimate of drug-likeness (QED) is 0.842. The van der Waals surface area contributed by atoms with Crippen LogP contribution in [-0.2, 0) is 5.60 Å². The second kappa shape index (κ2) is 4.85. The third kappa shape index (κ3) is 2.22. The zero-order chi connectivity index (χ0) is 14.3. The first-order valence-corrected chi connectivity index (χ1v) is 7.59. The highest BCUT2D eigenvalue weighted by Gasteiger charge is 2.40. The van der Waals surface area contributed by atoms with Gasteiger partial charge >= 0.3 is 0 Å². The van der Waals surface area contributed by atoms with Gasteiger partial charge in [-0.3, -0.25) is 4.98 Å². The molecule has 0 aliphatic heterocycles. The van der Waals surface area contributed by atoms with Gasteiger partial charge in [-0.2, -0.15) is 0 Å². The van der Waals surface area contributed by atoms with Gasteiger partial charge in [0.2, 0.25) is 0 Å². The Kier molecular flexibility index (Phi) is 3.29. The van der Waals surface area contributed by atoms with E-state index in [2.05, 4.69) is 37.0 Å². The van der Waals surface area contributed by atoms with Crippen LogP contribution in [-0.4, -0.2) is 10.1 Å². The number of pyridine rings is 1. The molecule has 1 saturated carbocycles. The number of aliphatic hydroxyl groups is 1. The van der Waals surface area contributed by atoms with Crippen LogP contribution in [0.25, 0.3) is 10.9 Å². The fourth-order valence-electron chi connectivity index (χ4n) is 3.51. The van der Waals surface area contributed by atoms with Gasteiger partial charge in [-0.05, 0) is 55.4 Å². The largest absolute Gasteiger partial charge is 0.385 e. The third-order valence-corrected chi connectivity index (χ3v) is 4.90. The predicted octanol–water partition coefficient (Wildman–Crippen LogP) is 4.19. The predicted molar refractivity (Wildman–Crippen MR) is 82.6 cm³/mol. The molecule has 1 fully saturated rings. The molecule has 3 rings (SSSR count). The van der Waals surface area contributed by atoms with Crippen LogP contribution in [0.4, 0.5) is 0 Å². The fraction of sp³-hybridized carbons (Fsp3) is 0.500. The monoisotopic (exact) mass is 269 g/mol. The summed E-state index contributed by atoms with van der Waals surface area (Å²) in [6.07, 6.45) is 3.18. The summed E-state index contributed by atoms with van der Waals surface area (Å²) in [7, 11) is 0. The van der Waals surface area contributed by atoms with Gasteiger partial charge in [0.25, 0.3) is 0 Å². The highest BCUT2D eigenvalue weighted by molar-refractivity contribution is 5.79. The molecule has 2 heteroatoms. The van der Waals surface area contributed by atoms with E-state index in [9.17, 15) is 5.11 Å². The van der Waals surface area contributed by atoms with Crippen LogP contribution >= 0.6 is 0 Å². The maximum atomic E-state index is 11.2. The summed E-state index contributed by atoms with van der Waals surface area (Å²) < 4.78 is 0. The molecule has 3 atom stereocenters. The Balaban J connectivity index is 2.06. The van der Waals surface area contributed by atoms with E-state index < -0.39 is 5.60 Å². The van der Waals surface area contributed by atoms with Gasteiger partial charge in [0, 0.05) is 11.1 Å². The summed E-state index contributed by atoms with van der Waals surface area (Å²) >= 11 is 0. The average molecular weight is 269 g/mol. The Morgan fingerprint density at radius 1 is 1.15 bits per heavy atom. The van der Waals surface area contributed by atoms with Crippen LogP contribution in [0.3, 0.4) is 0 Å². The van der Waals surface area contributed by atoms with Crippen molar-refractivity contribution in [2.75, 3.05) is 0 Å². The van der Waals surface area contributed by atoms with Crippen LogP contribution < -0.4 is 0 Å². The number of hydrogen-bond acceptors (Lipinski definition) is 2. The zero-order valence-corrected chi connectivity index (χ0v) is 12.6. The van der Waals surface area contributed by atoms with Crippen LogP contribution in [0.2, 0.25) is 0 Å². The van der Waals surface area contributed by atoms with Crippen molar-refractivity contribution in [2.45, 2.75) is 45.6 Å². The van der Waals surface area contributed by atoms with Gasteiger partial charge in [0.05, 0.1) is 11.1 Å².